The lowest BCUT2D eigenvalue weighted by molar-refractivity contribution is -0.130. The van der Waals surface area contributed by atoms with E-state index in [4.69, 9.17) is 5.73 Å². The van der Waals surface area contributed by atoms with E-state index in [1.807, 2.05) is 24.3 Å². The minimum Gasteiger partial charge on any atom is -0.353 e. The second-order valence-corrected chi connectivity index (χ2v) is 18.6. The molecular weight excluding hydrogens is 755 g/mol. The summed E-state index contributed by atoms with van der Waals surface area (Å²) < 4.78 is 29.0. The molecule has 0 unspecified atom stereocenters. The number of amides is 2. The average Bonchev–Trinajstić information content (AvgIpc) is 3.27. The van der Waals surface area contributed by atoms with Crippen LogP contribution >= 0.6 is 0 Å². The summed E-state index contributed by atoms with van der Waals surface area (Å²) in [5, 5.41) is 16.9. The van der Waals surface area contributed by atoms with Crippen LogP contribution in [0.25, 0.3) is 32.3 Å². The molecule has 2 aliphatic carbocycles. The van der Waals surface area contributed by atoms with Crippen LogP contribution in [0.4, 0.5) is 5.69 Å². The third-order valence-corrected chi connectivity index (χ3v) is 15.0. The topological polar surface area (TPSA) is 134 Å². The number of rotatable bonds is 11. The molecule has 6 aromatic carbocycles. The number of hydrogen-bond acceptors (Lipinski definition) is 6. The van der Waals surface area contributed by atoms with Gasteiger partial charge in [-0.15, -0.1) is 0 Å². The molecule has 1 saturated carbocycles. The third kappa shape index (κ3) is 7.75. The lowest BCUT2D eigenvalue weighted by atomic mass is 9.75. The molecule has 5 N–H and O–H groups in total. The first-order valence-electron chi connectivity index (χ1n) is 21.4. The second kappa shape index (κ2) is 16.9. The molecular formula is C49H53N5O4S. The van der Waals surface area contributed by atoms with Crippen LogP contribution in [0.3, 0.4) is 0 Å². The smallest absolute Gasteiger partial charge is 0.243 e. The van der Waals surface area contributed by atoms with Gasteiger partial charge < -0.3 is 21.7 Å². The number of aryl methyl sites for hydroxylation is 1. The van der Waals surface area contributed by atoms with E-state index in [1.54, 1.807) is 12.1 Å². The molecule has 9 rings (SSSR count). The quantitative estimate of drug-likeness (QED) is 0.0975. The largest absolute Gasteiger partial charge is 0.353 e. The van der Waals surface area contributed by atoms with Crippen LogP contribution in [0.15, 0.2) is 108 Å². The Balaban J connectivity index is 1.05. The van der Waals surface area contributed by atoms with Crippen molar-refractivity contribution in [3.05, 3.63) is 131 Å². The minimum absolute atomic E-state index is 0.0220. The normalized spacial score (nSPS) is 19.2. The number of benzene rings is 6. The summed E-state index contributed by atoms with van der Waals surface area (Å²) in [6.07, 6.45) is 9.25. The predicted octanol–water partition coefficient (Wildman–Crippen LogP) is 8.26. The average molecular weight is 808 g/mol. The first kappa shape index (κ1) is 39.3. The number of carbonyl (C=O) groups excluding carboxylic acids is 2. The van der Waals surface area contributed by atoms with E-state index >= 15 is 0 Å². The molecule has 0 radical (unpaired) electrons. The molecule has 9 nitrogen and oxygen atoms in total. The van der Waals surface area contributed by atoms with Gasteiger partial charge in [0.1, 0.15) is 6.04 Å². The number of nitrogens with two attached hydrogens (primary N) is 1. The Bertz CT molecular complexity index is 2660. The van der Waals surface area contributed by atoms with Crippen LogP contribution in [0.5, 0.6) is 0 Å². The maximum atomic E-state index is 14.2. The number of nitrogens with one attached hydrogen (secondary N) is 3. The monoisotopic (exact) mass is 807 g/mol. The van der Waals surface area contributed by atoms with Crippen molar-refractivity contribution in [3.63, 3.8) is 0 Å². The minimum atomic E-state index is -4.08. The molecule has 0 spiro atoms. The molecule has 1 saturated heterocycles. The number of sulfonamides is 1. The molecule has 6 aromatic rings. The first-order chi connectivity index (χ1) is 28.8. The third-order valence-electron chi connectivity index (χ3n) is 13.1. The lowest BCUT2D eigenvalue weighted by Crippen LogP contribution is -2.57. The van der Waals surface area contributed by atoms with Crippen molar-refractivity contribution in [1.82, 2.24) is 14.9 Å². The highest BCUT2D eigenvalue weighted by molar-refractivity contribution is 7.89. The maximum Gasteiger partial charge on any atom is 0.243 e. The summed E-state index contributed by atoms with van der Waals surface area (Å²) >= 11 is 0. The summed E-state index contributed by atoms with van der Waals surface area (Å²) in [4.78, 5) is 27.7. The summed E-state index contributed by atoms with van der Waals surface area (Å²) in [5.74, 6) is -0.133. The summed E-state index contributed by atoms with van der Waals surface area (Å²) in [6.45, 7) is 2.39. The Kier molecular flexibility index (Phi) is 11.2. The highest BCUT2D eigenvalue weighted by atomic mass is 32.2. The number of hydrogen-bond donors (Lipinski definition) is 4. The zero-order chi connectivity index (χ0) is 40.5. The van der Waals surface area contributed by atoms with Crippen molar-refractivity contribution in [3.8, 4) is 0 Å². The van der Waals surface area contributed by atoms with Crippen molar-refractivity contribution in [2.75, 3.05) is 25.0 Å². The van der Waals surface area contributed by atoms with Gasteiger partial charge in [0.25, 0.3) is 0 Å². The van der Waals surface area contributed by atoms with Gasteiger partial charge in [-0.2, -0.15) is 4.31 Å². The molecule has 2 fully saturated rings. The van der Waals surface area contributed by atoms with Crippen LogP contribution in [0.1, 0.15) is 85.1 Å². The SMILES string of the molecule is NCc1ccc(S(=O)(=O)N2CCNC(=O)[C@H]2CC(=O)Nc2c([C@@H]3CCCc4c3ccc3c4cc(CNCC4CCCCC4)c4ccccc43)ccc3ccccc23)cc1. The second-order valence-electron chi connectivity index (χ2n) is 16.7. The summed E-state index contributed by atoms with van der Waals surface area (Å²) in [5.41, 5.74) is 12.2. The molecule has 1 aliphatic heterocycles. The standard InChI is InChI=1S/C49H53N5O4S/c50-29-32-17-20-36(21-18-32)59(57,58)54-26-25-52-49(56)46(54)28-47(55)53-48-38-13-5-4-11-34(38)19-22-44(48)40-15-8-16-41-42(40)23-24-43-39-14-7-6-12-37(39)35(27-45(41)43)31-51-30-33-9-2-1-3-10-33/h4-7,11-14,17-24,27,33,40,46,51H,1-3,8-10,15-16,25-26,28-31,50H2,(H,52,56)(H,53,55)/t40-,46-/m1/s1. The molecule has 1 heterocycles. The molecule has 10 heteroatoms. The Morgan fingerprint density at radius 2 is 1.51 bits per heavy atom. The van der Waals surface area contributed by atoms with E-state index in [2.05, 4.69) is 70.5 Å². The zero-order valence-electron chi connectivity index (χ0n) is 33.5. The van der Waals surface area contributed by atoms with Gasteiger partial charge >= 0.3 is 0 Å². The number of carbonyl (C=O) groups is 2. The van der Waals surface area contributed by atoms with E-state index < -0.39 is 27.9 Å². The van der Waals surface area contributed by atoms with E-state index in [9.17, 15) is 18.0 Å². The van der Waals surface area contributed by atoms with Crippen molar-refractivity contribution in [2.45, 2.75) is 87.7 Å². The van der Waals surface area contributed by atoms with Crippen molar-refractivity contribution in [1.29, 1.82) is 0 Å². The Hall–Kier alpha value is -5.13. The van der Waals surface area contributed by atoms with Gasteiger partial charge in [-0.1, -0.05) is 104 Å². The van der Waals surface area contributed by atoms with Crippen molar-refractivity contribution < 1.29 is 18.0 Å². The predicted molar refractivity (Wildman–Crippen MR) is 237 cm³/mol. The van der Waals surface area contributed by atoms with Gasteiger partial charge in [0.15, 0.2) is 0 Å². The number of nitrogens with zero attached hydrogens (tertiary/aromatic N) is 1. The fraction of sp³-hybridized carbons (Fsp3) is 0.347. The van der Waals surface area contributed by atoms with Gasteiger partial charge in [-0.25, -0.2) is 8.42 Å². The molecule has 59 heavy (non-hydrogen) atoms. The Morgan fingerprint density at radius 1 is 0.780 bits per heavy atom. The van der Waals surface area contributed by atoms with Gasteiger partial charge in [0.05, 0.1) is 17.0 Å². The van der Waals surface area contributed by atoms with Gasteiger partial charge in [-0.05, 0) is 118 Å². The maximum absolute atomic E-state index is 14.2. The summed E-state index contributed by atoms with van der Waals surface area (Å²) in [6, 6.07) is 33.2. The van der Waals surface area contributed by atoms with Crippen LogP contribution in [0.2, 0.25) is 0 Å². The van der Waals surface area contributed by atoms with E-state index in [0.717, 1.165) is 60.2 Å². The summed E-state index contributed by atoms with van der Waals surface area (Å²) in [7, 11) is -4.08. The van der Waals surface area contributed by atoms with Crippen molar-refractivity contribution in [2.24, 2.45) is 11.7 Å². The van der Waals surface area contributed by atoms with Gasteiger partial charge in [-0.3, -0.25) is 9.59 Å². The molecule has 304 valence electrons. The van der Waals surface area contributed by atoms with Crippen LogP contribution in [0, 0.1) is 5.92 Å². The number of fused-ring (bicyclic) bond motifs is 6. The highest BCUT2D eigenvalue weighted by Gasteiger charge is 2.40. The molecule has 0 bridgehead atoms. The van der Waals surface area contributed by atoms with Crippen molar-refractivity contribution >= 4 is 59.8 Å². The first-order valence-corrected chi connectivity index (χ1v) is 22.8. The highest BCUT2D eigenvalue weighted by Crippen LogP contribution is 2.45. The van der Waals surface area contributed by atoms with Gasteiger partial charge in [0, 0.05) is 37.5 Å². The Labute approximate surface area is 346 Å². The van der Waals surface area contributed by atoms with Crippen LogP contribution in [-0.2, 0) is 39.1 Å². The lowest BCUT2D eigenvalue weighted by Gasteiger charge is -2.34. The van der Waals surface area contributed by atoms with Crippen LogP contribution < -0.4 is 21.7 Å². The fourth-order valence-electron chi connectivity index (χ4n) is 10.0. The van der Waals surface area contributed by atoms with E-state index in [0.29, 0.717) is 5.69 Å². The zero-order valence-corrected chi connectivity index (χ0v) is 34.3. The molecule has 2 amide bonds. The number of anilines is 1. The van der Waals surface area contributed by atoms with Crippen LogP contribution in [-0.4, -0.2) is 50.2 Å². The number of piperazine rings is 1. The Morgan fingerprint density at radius 3 is 2.31 bits per heavy atom. The van der Waals surface area contributed by atoms with Gasteiger partial charge in [0.2, 0.25) is 21.8 Å². The molecule has 2 atom stereocenters. The fourth-order valence-corrected chi connectivity index (χ4v) is 11.6. The van der Waals surface area contributed by atoms with E-state index in [-0.39, 0.29) is 36.9 Å². The van der Waals surface area contributed by atoms with E-state index in [1.165, 1.54) is 86.8 Å². The molecule has 0 aromatic heterocycles. The molecule has 3 aliphatic rings.